The molecule has 0 atom stereocenters. The van der Waals surface area contributed by atoms with Gasteiger partial charge in [-0.15, -0.1) is 0 Å². The summed E-state index contributed by atoms with van der Waals surface area (Å²) in [5, 5.41) is 9.03. The summed E-state index contributed by atoms with van der Waals surface area (Å²) in [4.78, 5) is 4.60. The molecule has 0 bridgehead atoms. The molecule has 2 aromatic rings. The highest BCUT2D eigenvalue weighted by Crippen LogP contribution is 2.20. The van der Waals surface area contributed by atoms with Crippen molar-refractivity contribution in [3.63, 3.8) is 0 Å². The minimum atomic E-state index is 0.783. The number of anilines is 1. The smallest absolute Gasteiger partial charge is 0.0856 e. The van der Waals surface area contributed by atoms with Crippen molar-refractivity contribution in [3.8, 4) is 0 Å². The Balaban J connectivity index is 1.49. The number of piperazine rings is 1. The summed E-state index contributed by atoms with van der Waals surface area (Å²) >= 11 is 6.06. The monoisotopic (exact) mass is 326 g/mol. The van der Waals surface area contributed by atoms with E-state index in [1.807, 2.05) is 54.7 Å². The summed E-state index contributed by atoms with van der Waals surface area (Å²) in [5.74, 6) is 0. The van der Waals surface area contributed by atoms with Crippen molar-refractivity contribution in [2.24, 2.45) is 10.2 Å². The van der Waals surface area contributed by atoms with E-state index in [0.29, 0.717) is 0 Å². The third-order valence-corrected chi connectivity index (χ3v) is 4.00. The fourth-order valence-corrected chi connectivity index (χ4v) is 2.71. The quantitative estimate of drug-likeness (QED) is 0.761. The maximum atomic E-state index is 6.06. The molecule has 3 rings (SSSR count). The Morgan fingerprint density at radius 1 is 0.913 bits per heavy atom. The second-order valence-corrected chi connectivity index (χ2v) is 5.79. The lowest BCUT2D eigenvalue weighted by atomic mass is 10.2. The van der Waals surface area contributed by atoms with Gasteiger partial charge in [-0.2, -0.15) is 10.2 Å². The Kier molecular flexibility index (Phi) is 5.27. The molecule has 0 aliphatic carbocycles. The highest BCUT2D eigenvalue weighted by Gasteiger charge is 2.14. The number of nitrogens with zero attached hydrogens (tertiary/aromatic N) is 4. The van der Waals surface area contributed by atoms with E-state index in [-0.39, 0.29) is 0 Å². The van der Waals surface area contributed by atoms with Crippen LogP contribution in [0.1, 0.15) is 0 Å². The molecular weight excluding hydrogens is 308 g/mol. The van der Waals surface area contributed by atoms with E-state index in [4.69, 9.17) is 11.6 Å². The molecule has 0 unspecified atom stereocenters. The van der Waals surface area contributed by atoms with Crippen LogP contribution < -0.4 is 4.90 Å². The zero-order valence-corrected chi connectivity index (χ0v) is 13.6. The third-order valence-electron chi connectivity index (χ3n) is 3.76. The molecule has 1 heterocycles. The zero-order chi connectivity index (χ0) is 15.9. The molecule has 23 heavy (non-hydrogen) atoms. The van der Waals surface area contributed by atoms with E-state index in [2.05, 4.69) is 26.1 Å². The van der Waals surface area contributed by atoms with Gasteiger partial charge in [0.05, 0.1) is 11.9 Å². The highest BCUT2D eigenvalue weighted by atomic mass is 35.5. The maximum absolute atomic E-state index is 6.06. The van der Waals surface area contributed by atoms with Gasteiger partial charge in [-0.05, 0) is 30.3 Å². The van der Waals surface area contributed by atoms with E-state index >= 15 is 0 Å². The van der Waals surface area contributed by atoms with Crippen LogP contribution in [0.4, 0.5) is 11.4 Å². The fraction of sp³-hybridized carbons (Fsp3) is 0.222. The van der Waals surface area contributed by atoms with E-state index in [1.54, 1.807) is 6.20 Å². The van der Waals surface area contributed by atoms with E-state index in [1.165, 1.54) is 5.69 Å². The minimum absolute atomic E-state index is 0.783. The van der Waals surface area contributed by atoms with Gasteiger partial charge in [0.1, 0.15) is 0 Å². The Hall–Kier alpha value is -2.33. The molecule has 1 aliphatic rings. The van der Waals surface area contributed by atoms with Crippen LogP contribution in [-0.4, -0.2) is 31.1 Å². The van der Waals surface area contributed by atoms with Crippen LogP contribution in [0.5, 0.6) is 0 Å². The molecule has 0 spiro atoms. The molecular formula is C18H19ClN4. The van der Waals surface area contributed by atoms with Crippen LogP contribution >= 0.6 is 11.6 Å². The average molecular weight is 327 g/mol. The lowest BCUT2D eigenvalue weighted by molar-refractivity contribution is 0.348. The Morgan fingerprint density at radius 2 is 1.70 bits per heavy atom. The van der Waals surface area contributed by atoms with Crippen LogP contribution in [0.15, 0.2) is 77.2 Å². The number of benzene rings is 2. The van der Waals surface area contributed by atoms with Crippen molar-refractivity contribution in [2.75, 3.05) is 31.1 Å². The van der Waals surface area contributed by atoms with Gasteiger partial charge in [-0.3, -0.25) is 0 Å². The predicted octanol–water partition coefficient (Wildman–Crippen LogP) is 4.72. The van der Waals surface area contributed by atoms with Crippen LogP contribution in [0.2, 0.25) is 5.02 Å². The Bertz CT molecular complexity index is 676. The zero-order valence-electron chi connectivity index (χ0n) is 12.8. The molecule has 118 valence electrons. The van der Waals surface area contributed by atoms with Crippen molar-refractivity contribution in [1.29, 1.82) is 0 Å². The number of hydrogen-bond acceptors (Lipinski definition) is 4. The molecule has 0 saturated carbocycles. The van der Waals surface area contributed by atoms with Crippen LogP contribution in [0, 0.1) is 0 Å². The summed E-state index contributed by atoms with van der Waals surface area (Å²) in [6.45, 7) is 3.87. The van der Waals surface area contributed by atoms with Crippen LogP contribution in [0.3, 0.4) is 0 Å². The molecule has 1 aliphatic heterocycles. The largest absolute Gasteiger partial charge is 0.373 e. The molecule has 5 heteroatoms. The second kappa shape index (κ2) is 7.79. The number of halogens is 1. The van der Waals surface area contributed by atoms with Crippen molar-refractivity contribution in [3.05, 3.63) is 72.0 Å². The summed E-state index contributed by atoms with van der Waals surface area (Å²) in [5.41, 5.74) is 2.05. The van der Waals surface area contributed by atoms with E-state index in [0.717, 1.165) is 36.9 Å². The molecule has 1 fully saturated rings. The van der Waals surface area contributed by atoms with Crippen LogP contribution in [0.25, 0.3) is 0 Å². The first-order valence-corrected chi connectivity index (χ1v) is 8.06. The van der Waals surface area contributed by atoms with E-state index < -0.39 is 0 Å². The average Bonchev–Trinajstić information content (AvgIpc) is 2.60. The molecule has 0 amide bonds. The number of rotatable bonds is 4. The van der Waals surface area contributed by atoms with Crippen molar-refractivity contribution in [2.45, 2.75) is 0 Å². The van der Waals surface area contributed by atoms with Gasteiger partial charge in [-0.25, -0.2) is 0 Å². The Morgan fingerprint density at radius 3 is 2.43 bits per heavy atom. The maximum Gasteiger partial charge on any atom is 0.0856 e. The summed E-state index contributed by atoms with van der Waals surface area (Å²) in [6.07, 6.45) is 3.75. The lowest BCUT2D eigenvalue weighted by Crippen LogP contribution is -2.44. The van der Waals surface area contributed by atoms with Gasteiger partial charge >= 0.3 is 0 Å². The SMILES string of the molecule is Clc1cccc(N2CCN(/C=C/N=Nc3ccccc3)CC2)c1. The van der Waals surface area contributed by atoms with Gasteiger partial charge in [0.25, 0.3) is 0 Å². The predicted molar refractivity (Wildman–Crippen MR) is 95.3 cm³/mol. The van der Waals surface area contributed by atoms with Crippen LogP contribution in [-0.2, 0) is 0 Å². The fourth-order valence-electron chi connectivity index (χ4n) is 2.52. The highest BCUT2D eigenvalue weighted by molar-refractivity contribution is 6.30. The number of hydrogen-bond donors (Lipinski definition) is 0. The third kappa shape index (κ3) is 4.57. The molecule has 0 radical (unpaired) electrons. The summed E-state index contributed by atoms with van der Waals surface area (Å²) < 4.78 is 0. The van der Waals surface area contributed by atoms with Gasteiger partial charge in [-0.1, -0.05) is 35.9 Å². The van der Waals surface area contributed by atoms with Gasteiger partial charge in [0.2, 0.25) is 0 Å². The second-order valence-electron chi connectivity index (χ2n) is 5.35. The van der Waals surface area contributed by atoms with Gasteiger partial charge in [0.15, 0.2) is 0 Å². The molecule has 0 aromatic heterocycles. The normalized spacial score (nSPS) is 15.7. The lowest BCUT2D eigenvalue weighted by Gasteiger charge is -2.35. The Labute approximate surface area is 141 Å². The minimum Gasteiger partial charge on any atom is -0.373 e. The van der Waals surface area contributed by atoms with Crippen molar-refractivity contribution in [1.82, 2.24) is 4.90 Å². The number of azo groups is 1. The molecule has 2 aromatic carbocycles. The van der Waals surface area contributed by atoms with Crippen molar-refractivity contribution < 1.29 is 0 Å². The van der Waals surface area contributed by atoms with Crippen molar-refractivity contribution >= 4 is 23.0 Å². The van der Waals surface area contributed by atoms with E-state index in [9.17, 15) is 0 Å². The van der Waals surface area contributed by atoms with Gasteiger partial charge < -0.3 is 9.80 Å². The topological polar surface area (TPSA) is 31.2 Å². The first-order chi connectivity index (χ1) is 11.3. The first-order valence-electron chi connectivity index (χ1n) is 7.68. The summed E-state index contributed by atoms with van der Waals surface area (Å²) in [7, 11) is 0. The molecule has 0 N–H and O–H groups in total. The molecule has 4 nitrogen and oxygen atoms in total. The van der Waals surface area contributed by atoms with Gasteiger partial charge in [0, 0.05) is 43.1 Å². The first kappa shape index (κ1) is 15.6. The standard InChI is InChI=1S/C18H19ClN4/c19-16-5-4-8-18(15-16)23-13-11-22(12-14-23)10-9-20-21-17-6-2-1-3-7-17/h1-10,15H,11-14H2/b10-9+,21-20?. The molecule has 1 saturated heterocycles. The summed E-state index contributed by atoms with van der Waals surface area (Å²) in [6, 6.07) is 17.7.